The number of ether oxygens (including phenoxy) is 2. The van der Waals surface area contributed by atoms with Crippen LogP contribution in [0.5, 0.6) is 5.75 Å². The highest BCUT2D eigenvalue weighted by molar-refractivity contribution is 6.36. The number of nitrogens with one attached hydrogen (secondary N) is 1. The molecule has 2 aromatic rings. The third-order valence-electron chi connectivity index (χ3n) is 4.75. The molecule has 30 heavy (non-hydrogen) atoms. The minimum atomic E-state index is -0.394. The number of halogens is 1. The predicted octanol–water partition coefficient (Wildman–Crippen LogP) is 4.27. The number of methoxy groups -OCH3 is 1. The lowest BCUT2D eigenvalue weighted by molar-refractivity contribution is -0.137. The molecule has 1 heterocycles. The van der Waals surface area contributed by atoms with Crippen molar-refractivity contribution in [3.63, 3.8) is 0 Å². The first-order valence-corrected chi connectivity index (χ1v) is 10.1. The first kappa shape index (κ1) is 21.9. The molecule has 6 nitrogen and oxygen atoms in total. The molecule has 1 aliphatic heterocycles. The number of hydrogen-bond acceptors (Lipinski definition) is 5. The van der Waals surface area contributed by atoms with Crippen molar-refractivity contribution in [3.05, 3.63) is 64.3 Å². The van der Waals surface area contributed by atoms with Crippen LogP contribution in [0.25, 0.3) is 5.57 Å². The van der Waals surface area contributed by atoms with E-state index in [1.165, 1.54) is 4.90 Å². The summed E-state index contributed by atoms with van der Waals surface area (Å²) in [7, 11) is 1.57. The molecule has 0 fully saturated rings. The summed E-state index contributed by atoms with van der Waals surface area (Å²) in [5.41, 5.74) is 2.71. The van der Waals surface area contributed by atoms with Gasteiger partial charge in [-0.3, -0.25) is 14.5 Å². The fourth-order valence-corrected chi connectivity index (χ4v) is 3.30. The number of carbonyl (C=O) groups is 2. The zero-order valence-electron chi connectivity index (χ0n) is 17.5. The minimum Gasteiger partial charge on any atom is -0.497 e. The number of carbonyl (C=O) groups excluding carboxylic acids is 2. The van der Waals surface area contributed by atoms with Gasteiger partial charge in [-0.25, -0.2) is 0 Å². The highest BCUT2D eigenvalue weighted by Gasteiger charge is 2.39. The van der Waals surface area contributed by atoms with Crippen LogP contribution in [0.3, 0.4) is 0 Å². The summed E-state index contributed by atoms with van der Waals surface area (Å²) in [6, 6.07) is 12.4. The standard InChI is InChI=1S/C23H25ClN2O4/c1-14(2)30-12-11-26-22(27)20(16-6-9-18(29-4)10-7-16)21(23(26)28)25-17-8-5-15(3)19(24)13-17/h5-10,13-14,25H,11-12H2,1-4H3. The molecule has 158 valence electrons. The molecule has 0 radical (unpaired) electrons. The number of hydrogen-bond donors (Lipinski definition) is 1. The molecule has 0 aliphatic carbocycles. The molecular formula is C23H25ClN2O4. The van der Waals surface area contributed by atoms with E-state index in [0.29, 0.717) is 27.6 Å². The molecule has 0 atom stereocenters. The molecule has 2 amide bonds. The van der Waals surface area contributed by atoms with Crippen LogP contribution in [0.4, 0.5) is 5.69 Å². The maximum Gasteiger partial charge on any atom is 0.278 e. The molecule has 3 rings (SSSR count). The Labute approximate surface area is 181 Å². The summed E-state index contributed by atoms with van der Waals surface area (Å²) in [6.45, 7) is 6.16. The Hall–Kier alpha value is -2.83. The monoisotopic (exact) mass is 428 g/mol. The third-order valence-corrected chi connectivity index (χ3v) is 5.16. The molecule has 0 saturated heterocycles. The fourth-order valence-electron chi connectivity index (χ4n) is 3.12. The van der Waals surface area contributed by atoms with Crippen molar-refractivity contribution in [1.82, 2.24) is 4.90 Å². The van der Waals surface area contributed by atoms with E-state index in [0.717, 1.165) is 5.56 Å². The van der Waals surface area contributed by atoms with Crippen LogP contribution in [0.15, 0.2) is 48.2 Å². The maximum atomic E-state index is 13.2. The second-order valence-corrected chi connectivity index (χ2v) is 7.66. The molecule has 0 saturated carbocycles. The van der Waals surface area contributed by atoms with Crippen molar-refractivity contribution in [3.8, 4) is 5.75 Å². The molecule has 0 aromatic heterocycles. The van der Waals surface area contributed by atoms with Gasteiger partial charge < -0.3 is 14.8 Å². The second kappa shape index (κ2) is 9.32. The molecule has 7 heteroatoms. The van der Waals surface area contributed by atoms with Crippen molar-refractivity contribution in [2.45, 2.75) is 26.9 Å². The van der Waals surface area contributed by atoms with Crippen molar-refractivity contribution >= 4 is 34.7 Å². The van der Waals surface area contributed by atoms with Gasteiger partial charge >= 0.3 is 0 Å². The van der Waals surface area contributed by atoms with Gasteiger partial charge in [-0.2, -0.15) is 0 Å². The summed E-state index contributed by atoms with van der Waals surface area (Å²) in [4.78, 5) is 27.5. The van der Waals surface area contributed by atoms with Crippen LogP contribution < -0.4 is 10.1 Å². The van der Waals surface area contributed by atoms with Crippen LogP contribution in [0, 0.1) is 6.92 Å². The van der Waals surface area contributed by atoms with E-state index in [4.69, 9.17) is 21.1 Å². The largest absolute Gasteiger partial charge is 0.497 e. The summed E-state index contributed by atoms with van der Waals surface area (Å²) in [5, 5.41) is 3.68. The number of nitrogens with zero attached hydrogens (tertiary/aromatic N) is 1. The van der Waals surface area contributed by atoms with Gasteiger partial charge in [-0.05, 0) is 56.2 Å². The fraction of sp³-hybridized carbons (Fsp3) is 0.304. The number of anilines is 1. The van der Waals surface area contributed by atoms with Gasteiger partial charge in [0.25, 0.3) is 11.8 Å². The minimum absolute atomic E-state index is 0.0131. The molecule has 1 aliphatic rings. The van der Waals surface area contributed by atoms with Gasteiger partial charge in [0, 0.05) is 10.7 Å². The van der Waals surface area contributed by atoms with E-state index < -0.39 is 5.91 Å². The third kappa shape index (κ3) is 4.66. The number of amides is 2. The zero-order chi connectivity index (χ0) is 21.8. The Balaban J connectivity index is 1.97. The van der Waals surface area contributed by atoms with Crippen LogP contribution >= 0.6 is 11.6 Å². The summed E-state index contributed by atoms with van der Waals surface area (Å²) in [5.74, 6) is -0.0914. The van der Waals surface area contributed by atoms with Crippen molar-refractivity contribution in [1.29, 1.82) is 0 Å². The van der Waals surface area contributed by atoms with Crippen molar-refractivity contribution in [2.24, 2.45) is 0 Å². The lowest BCUT2D eigenvalue weighted by Gasteiger charge is -2.16. The van der Waals surface area contributed by atoms with Crippen molar-refractivity contribution in [2.75, 3.05) is 25.6 Å². The van der Waals surface area contributed by atoms with Gasteiger partial charge in [0.1, 0.15) is 11.4 Å². The normalized spacial score (nSPS) is 14.1. The Morgan fingerprint density at radius 2 is 1.77 bits per heavy atom. The Kier molecular flexibility index (Phi) is 6.80. The molecular weight excluding hydrogens is 404 g/mol. The summed E-state index contributed by atoms with van der Waals surface area (Å²) in [6.07, 6.45) is 0.0131. The topological polar surface area (TPSA) is 67.9 Å². The molecule has 2 aromatic carbocycles. The predicted molar refractivity (Wildman–Crippen MR) is 118 cm³/mol. The average molecular weight is 429 g/mol. The first-order chi connectivity index (χ1) is 14.3. The van der Waals surface area contributed by atoms with E-state index >= 15 is 0 Å². The van der Waals surface area contributed by atoms with E-state index in [1.54, 1.807) is 37.4 Å². The zero-order valence-corrected chi connectivity index (χ0v) is 18.2. The lowest BCUT2D eigenvalue weighted by Crippen LogP contribution is -2.35. The molecule has 0 unspecified atom stereocenters. The molecule has 0 bridgehead atoms. The second-order valence-electron chi connectivity index (χ2n) is 7.25. The number of rotatable bonds is 8. The molecule has 1 N–H and O–H groups in total. The lowest BCUT2D eigenvalue weighted by atomic mass is 10.0. The van der Waals surface area contributed by atoms with E-state index in [-0.39, 0.29) is 30.9 Å². The van der Waals surface area contributed by atoms with Gasteiger partial charge in [-0.15, -0.1) is 0 Å². The number of imide groups is 1. The van der Waals surface area contributed by atoms with Gasteiger partial charge in [0.15, 0.2) is 0 Å². The highest BCUT2D eigenvalue weighted by Crippen LogP contribution is 2.32. The van der Waals surface area contributed by atoms with E-state index in [9.17, 15) is 9.59 Å². The number of aryl methyl sites for hydroxylation is 1. The van der Waals surface area contributed by atoms with Gasteiger partial charge in [-0.1, -0.05) is 29.8 Å². The SMILES string of the molecule is COc1ccc(C2=C(Nc3ccc(C)c(Cl)c3)C(=O)N(CCOC(C)C)C2=O)cc1. The van der Waals surface area contributed by atoms with Crippen LogP contribution in [-0.2, 0) is 14.3 Å². The first-order valence-electron chi connectivity index (χ1n) is 9.71. The Morgan fingerprint density at radius 1 is 1.07 bits per heavy atom. The highest BCUT2D eigenvalue weighted by atomic mass is 35.5. The average Bonchev–Trinajstić information content (AvgIpc) is 2.95. The van der Waals surface area contributed by atoms with Gasteiger partial charge in [0.2, 0.25) is 0 Å². The van der Waals surface area contributed by atoms with Gasteiger partial charge in [0.05, 0.1) is 31.9 Å². The van der Waals surface area contributed by atoms with E-state index in [2.05, 4.69) is 5.32 Å². The van der Waals surface area contributed by atoms with E-state index in [1.807, 2.05) is 32.9 Å². The Morgan fingerprint density at radius 3 is 2.37 bits per heavy atom. The van der Waals surface area contributed by atoms with Crippen LogP contribution in [-0.4, -0.2) is 43.1 Å². The van der Waals surface area contributed by atoms with Crippen molar-refractivity contribution < 1.29 is 19.1 Å². The smallest absolute Gasteiger partial charge is 0.278 e. The van der Waals surface area contributed by atoms with Crippen LogP contribution in [0.2, 0.25) is 5.02 Å². The summed E-state index contributed by atoms with van der Waals surface area (Å²) < 4.78 is 10.7. The molecule has 0 spiro atoms. The Bertz CT molecular complexity index is 983. The van der Waals surface area contributed by atoms with Crippen LogP contribution in [0.1, 0.15) is 25.0 Å². The number of benzene rings is 2. The maximum absolute atomic E-state index is 13.2. The quantitative estimate of drug-likeness (QED) is 0.636. The summed E-state index contributed by atoms with van der Waals surface area (Å²) >= 11 is 6.23.